The molecule has 2 atom stereocenters. The number of aromatic nitrogens is 1. The molecule has 3 aromatic carbocycles. The summed E-state index contributed by atoms with van der Waals surface area (Å²) in [5, 5.41) is 1.04. The molecule has 7 nitrogen and oxygen atoms in total. The van der Waals surface area contributed by atoms with Crippen molar-refractivity contribution >= 4 is 28.5 Å². The van der Waals surface area contributed by atoms with E-state index in [1.807, 2.05) is 49.4 Å². The van der Waals surface area contributed by atoms with Gasteiger partial charge in [-0.05, 0) is 48.9 Å². The molecule has 3 amide bonds. The number of benzene rings is 3. The van der Waals surface area contributed by atoms with E-state index in [-0.39, 0.29) is 17.9 Å². The number of anilines is 1. The van der Waals surface area contributed by atoms with Gasteiger partial charge >= 0.3 is 6.03 Å². The number of aromatic amines is 1. The highest BCUT2D eigenvalue weighted by atomic mass is 16.5. The maximum Gasteiger partial charge on any atom is 0.332 e. The molecule has 1 N–H and O–H groups in total. The molecule has 1 saturated heterocycles. The Balaban J connectivity index is 1.57. The fourth-order valence-corrected chi connectivity index (χ4v) is 5.59. The molecule has 0 unspecified atom stereocenters. The number of nitrogens with zero attached hydrogens (tertiary/aromatic N) is 2. The summed E-state index contributed by atoms with van der Waals surface area (Å²) in [5.74, 6) is 0.963. The Kier molecular flexibility index (Phi) is 4.64. The van der Waals surface area contributed by atoms with Crippen molar-refractivity contribution in [3.05, 3.63) is 89.6 Å². The first-order valence-corrected chi connectivity index (χ1v) is 11.5. The van der Waals surface area contributed by atoms with E-state index in [0.717, 1.165) is 33.5 Å². The zero-order valence-electron chi connectivity index (χ0n) is 19.7. The normalized spacial score (nSPS) is 21.3. The van der Waals surface area contributed by atoms with E-state index in [4.69, 9.17) is 9.47 Å². The molecule has 2 aliphatic rings. The highest BCUT2D eigenvalue weighted by Crippen LogP contribution is 2.51. The van der Waals surface area contributed by atoms with Crippen molar-refractivity contribution in [1.82, 2.24) is 9.88 Å². The van der Waals surface area contributed by atoms with Gasteiger partial charge in [0.05, 0.1) is 25.6 Å². The van der Waals surface area contributed by atoms with Crippen molar-refractivity contribution in [3.63, 3.8) is 0 Å². The molecule has 2 aliphatic heterocycles. The van der Waals surface area contributed by atoms with Gasteiger partial charge in [0.1, 0.15) is 11.5 Å². The first-order valence-electron chi connectivity index (χ1n) is 11.5. The zero-order valence-corrected chi connectivity index (χ0v) is 19.7. The van der Waals surface area contributed by atoms with E-state index in [1.54, 1.807) is 43.4 Å². The Morgan fingerprint density at radius 2 is 1.63 bits per heavy atom. The van der Waals surface area contributed by atoms with Crippen LogP contribution in [0.2, 0.25) is 0 Å². The smallest absolute Gasteiger partial charge is 0.332 e. The number of nitrogens with one attached hydrogen (secondary N) is 1. The number of rotatable bonds is 4. The molecule has 1 aromatic heterocycles. The molecule has 176 valence electrons. The fraction of sp³-hybridized carbons (Fsp3) is 0.214. The van der Waals surface area contributed by atoms with Gasteiger partial charge in [-0.3, -0.25) is 4.79 Å². The lowest BCUT2D eigenvalue weighted by Gasteiger charge is -2.40. The molecule has 4 aromatic rings. The van der Waals surface area contributed by atoms with E-state index in [2.05, 4.69) is 11.1 Å². The minimum atomic E-state index is -1.16. The maximum atomic E-state index is 14.0. The number of carbonyl (C=O) groups excluding carboxylic acids is 2. The third kappa shape index (κ3) is 2.84. The summed E-state index contributed by atoms with van der Waals surface area (Å²) in [6.45, 7) is 2.19. The topological polar surface area (TPSA) is 74.9 Å². The predicted molar refractivity (Wildman–Crippen MR) is 133 cm³/mol. The Morgan fingerprint density at radius 1 is 0.914 bits per heavy atom. The van der Waals surface area contributed by atoms with Crippen LogP contribution in [0.4, 0.5) is 10.5 Å². The van der Waals surface area contributed by atoms with Crippen molar-refractivity contribution in [1.29, 1.82) is 0 Å². The standard InChI is InChI=1S/C28H25N3O4/c1-28-25-24(20-9-4-6-10-22(20)29-25)21(19-8-5-7-11-23(19)35-3)16-30(28)27(33)31(26(28)32)17-12-14-18(34-2)15-13-17/h4-15,21,29H,16H2,1-3H3/t21-,28-/m0/s1. The number of fused-ring (bicyclic) bond motifs is 5. The Labute approximate surface area is 202 Å². The van der Waals surface area contributed by atoms with E-state index in [0.29, 0.717) is 18.0 Å². The van der Waals surface area contributed by atoms with Gasteiger partial charge in [-0.25, -0.2) is 9.69 Å². The molecule has 6 rings (SSSR count). The SMILES string of the molecule is COc1ccc(N2C(=O)N3C[C@@H](c4ccccc4OC)c4c([nH]c5ccccc45)[C@@]3(C)C2=O)cc1. The second-order valence-corrected chi connectivity index (χ2v) is 9.06. The number of para-hydroxylation sites is 2. The lowest BCUT2D eigenvalue weighted by molar-refractivity contribution is -0.125. The van der Waals surface area contributed by atoms with Crippen LogP contribution in [0.1, 0.15) is 29.7 Å². The van der Waals surface area contributed by atoms with Crippen molar-refractivity contribution in [2.75, 3.05) is 25.7 Å². The molecule has 0 aliphatic carbocycles. The summed E-state index contributed by atoms with van der Waals surface area (Å²) < 4.78 is 10.9. The number of H-pyrrole nitrogens is 1. The summed E-state index contributed by atoms with van der Waals surface area (Å²) in [4.78, 5) is 34.3. The van der Waals surface area contributed by atoms with Crippen molar-refractivity contribution < 1.29 is 19.1 Å². The van der Waals surface area contributed by atoms with Crippen LogP contribution in [-0.2, 0) is 10.3 Å². The summed E-state index contributed by atoms with van der Waals surface area (Å²) in [6.07, 6.45) is 0. The first kappa shape index (κ1) is 21.3. The molecule has 0 spiro atoms. The molecule has 0 radical (unpaired) electrons. The Morgan fingerprint density at radius 3 is 2.37 bits per heavy atom. The second-order valence-electron chi connectivity index (χ2n) is 9.06. The molecular weight excluding hydrogens is 442 g/mol. The third-order valence-electron chi connectivity index (χ3n) is 7.37. The van der Waals surface area contributed by atoms with Crippen LogP contribution < -0.4 is 14.4 Å². The number of amides is 3. The van der Waals surface area contributed by atoms with Gasteiger partial charge in [-0.1, -0.05) is 36.4 Å². The second kappa shape index (κ2) is 7.63. The molecule has 35 heavy (non-hydrogen) atoms. The predicted octanol–water partition coefficient (Wildman–Crippen LogP) is 5.01. The monoisotopic (exact) mass is 467 g/mol. The van der Waals surface area contributed by atoms with E-state index < -0.39 is 5.54 Å². The number of carbonyl (C=O) groups is 2. The Hall–Kier alpha value is -4.26. The molecular formula is C28H25N3O4. The first-order chi connectivity index (χ1) is 17.0. The third-order valence-corrected chi connectivity index (χ3v) is 7.37. The highest BCUT2D eigenvalue weighted by molar-refractivity contribution is 6.23. The van der Waals surface area contributed by atoms with E-state index in [9.17, 15) is 9.59 Å². The lowest BCUT2D eigenvalue weighted by atomic mass is 9.78. The van der Waals surface area contributed by atoms with Crippen LogP contribution in [0.15, 0.2) is 72.8 Å². The summed E-state index contributed by atoms with van der Waals surface area (Å²) >= 11 is 0. The summed E-state index contributed by atoms with van der Waals surface area (Å²) in [5.41, 5.74) is 3.04. The van der Waals surface area contributed by atoms with Gasteiger partial charge in [-0.15, -0.1) is 0 Å². The largest absolute Gasteiger partial charge is 0.497 e. The van der Waals surface area contributed by atoms with Crippen molar-refractivity contribution in [3.8, 4) is 11.5 Å². The molecule has 3 heterocycles. The van der Waals surface area contributed by atoms with Crippen LogP contribution >= 0.6 is 0 Å². The average Bonchev–Trinajstić information content (AvgIpc) is 3.38. The van der Waals surface area contributed by atoms with Crippen LogP contribution in [0, 0.1) is 0 Å². The number of urea groups is 1. The van der Waals surface area contributed by atoms with Gasteiger partial charge < -0.3 is 19.4 Å². The van der Waals surface area contributed by atoms with Crippen LogP contribution in [-0.4, -0.2) is 42.6 Å². The quantitative estimate of drug-likeness (QED) is 0.428. The van der Waals surface area contributed by atoms with Crippen LogP contribution in [0.25, 0.3) is 10.9 Å². The fourth-order valence-electron chi connectivity index (χ4n) is 5.59. The lowest BCUT2D eigenvalue weighted by Crippen LogP contribution is -2.50. The maximum absolute atomic E-state index is 14.0. The molecule has 0 bridgehead atoms. The van der Waals surface area contributed by atoms with Crippen molar-refractivity contribution in [2.24, 2.45) is 0 Å². The molecule has 1 fully saturated rings. The van der Waals surface area contributed by atoms with Crippen LogP contribution in [0.5, 0.6) is 11.5 Å². The van der Waals surface area contributed by atoms with Gasteiger partial charge in [0, 0.05) is 28.9 Å². The number of hydrogen-bond acceptors (Lipinski definition) is 4. The molecule has 7 heteroatoms. The summed E-state index contributed by atoms with van der Waals surface area (Å²) in [6, 6.07) is 22.5. The minimum absolute atomic E-state index is 0.169. The van der Waals surface area contributed by atoms with Gasteiger partial charge in [0.15, 0.2) is 5.54 Å². The van der Waals surface area contributed by atoms with E-state index in [1.165, 1.54) is 4.90 Å². The van der Waals surface area contributed by atoms with Gasteiger partial charge in [0.25, 0.3) is 5.91 Å². The average molecular weight is 468 g/mol. The van der Waals surface area contributed by atoms with Crippen molar-refractivity contribution in [2.45, 2.75) is 18.4 Å². The van der Waals surface area contributed by atoms with Crippen LogP contribution in [0.3, 0.4) is 0 Å². The highest BCUT2D eigenvalue weighted by Gasteiger charge is 2.60. The number of methoxy groups -OCH3 is 2. The van der Waals surface area contributed by atoms with Gasteiger partial charge in [-0.2, -0.15) is 0 Å². The number of ether oxygens (including phenoxy) is 2. The minimum Gasteiger partial charge on any atom is -0.497 e. The summed E-state index contributed by atoms with van der Waals surface area (Å²) in [7, 11) is 3.23. The molecule has 0 saturated carbocycles. The zero-order chi connectivity index (χ0) is 24.3. The van der Waals surface area contributed by atoms with E-state index >= 15 is 0 Å². The Bertz CT molecular complexity index is 1480. The number of hydrogen-bond donors (Lipinski definition) is 1. The van der Waals surface area contributed by atoms with Gasteiger partial charge in [0.2, 0.25) is 0 Å². The number of imide groups is 1.